The number of hydrogen-bond donors (Lipinski definition) is 0. The third-order valence-corrected chi connectivity index (χ3v) is 3.47. The summed E-state index contributed by atoms with van der Waals surface area (Å²) in [5.74, 6) is 0. The number of anilines is 1. The lowest BCUT2D eigenvalue weighted by Gasteiger charge is -2.33. The molecule has 1 heterocycles. The number of nitrogens with zero attached hydrogens (tertiary/aromatic N) is 2. The molecular weight excluding hydrogens is 208 g/mol. The normalized spacial score (nSPS) is 19.5. The largest absolute Gasteiger partial charge is 0.353 e. The van der Waals surface area contributed by atoms with E-state index in [1.54, 1.807) is 0 Å². The molecule has 92 valence electrons. The molecule has 0 unspecified atom stereocenters. The Labute approximate surface area is 105 Å². The van der Waals surface area contributed by atoms with Crippen LogP contribution in [0.25, 0.3) is 0 Å². The average molecular weight is 230 g/mol. The van der Waals surface area contributed by atoms with Crippen molar-refractivity contribution in [3.05, 3.63) is 41.7 Å². The van der Waals surface area contributed by atoms with Gasteiger partial charge in [0.05, 0.1) is 0 Å². The van der Waals surface area contributed by atoms with E-state index in [0.717, 1.165) is 0 Å². The summed E-state index contributed by atoms with van der Waals surface area (Å²) in [6, 6.07) is 7.17. The molecule has 0 aliphatic carbocycles. The number of rotatable bonds is 2. The third-order valence-electron chi connectivity index (χ3n) is 3.47. The maximum absolute atomic E-state index is 2.38. The van der Waals surface area contributed by atoms with Gasteiger partial charge in [0.25, 0.3) is 0 Å². The van der Waals surface area contributed by atoms with Gasteiger partial charge in [-0.05, 0) is 51.8 Å². The Morgan fingerprint density at radius 2 is 1.82 bits per heavy atom. The topological polar surface area (TPSA) is 6.48 Å². The molecule has 2 heteroatoms. The predicted octanol–water partition coefficient (Wildman–Crippen LogP) is 3.65. The quantitative estimate of drug-likeness (QED) is 0.765. The van der Waals surface area contributed by atoms with Crippen molar-refractivity contribution in [2.75, 3.05) is 4.90 Å². The van der Waals surface area contributed by atoms with Gasteiger partial charge in [0.15, 0.2) is 0 Å². The lowest BCUT2D eigenvalue weighted by molar-refractivity contribution is 0.263. The minimum atomic E-state index is 0.399. The minimum Gasteiger partial charge on any atom is -0.353 e. The molecule has 0 radical (unpaired) electrons. The highest BCUT2D eigenvalue weighted by Crippen LogP contribution is 2.29. The van der Waals surface area contributed by atoms with Gasteiger partial charge in [-0.3, -0.25) is 0 Å². The summed E-state index contributed by atoms with van der Waals surface area (Å²) in [6.45, 7) is 11.0. The number of benzene rings is 1. The Hall–Kier alpha value is -1.44. The molecule has 0 bridgehead atoms. The van der Waals surface area contributed by atoms with Crippen LogP contribution in [0.1, 0.15) is 31.9 Å². The highest BCUT2D eigenvalue weighted by molar-refractivity contribution is 5.58. The molecular formula is C15H22N2. The van der Waals surface area contributed by atoms with E-state index in [1.165, 1.54) is 16.8 Å². The molecule has 1 aliphatic rings. The van der Waals surface area contributed by atoms with Gasteiger partial charge in [-0.2, -0.15) is 0 Å². The van der Waals surface area contributed by atoms with Gasteiger partial charge in [-0.15, -0.1) is 0 Å². The first-order valence-electron chi connectivity index (χ1n) is 6.32. The zero-order chi connectivity index (χ0) is 12.6. The van der Waals surface area contributed by atoms with Crippen LogP contribution < -0.4 is 4.90 Å². The zero-order valence-corrected chi connectivity index (χ0v) is 11.4. The van der Waals surface area contributed by atoms with Gasteiger partial charge >= 0.3 is 0 Å². The third kappa shape index (κ3) is 2.17. The van der Waals surface area contributed by atoms with Crippen LogP contribution in [0.3, 0.4) is 0 Å². The summed E-state index contributed by atoms with van der Waals surface area (Å²) in [5.41, 5.74) is 3.96. The first kappa shape index (κ1) is 12.0. The van der Waals surface area contributed by atoms with Crippen molar-refractivity contribution in [2.24, 2.45) is 0 Å². The molecule has 0 spiro atoms. The standard InChI is InChI=1S/C15H22N2/c1-11(2)16-8-9-17(14(16)5)15-10-12(3)6-7-13(15)4/h6-11,14H,1-5H3/t14-/m1/s1. The summed E-state index contributed by atoms with van der Waals surface area (Å²) < 4.78 is 0. The second-order valence-corrected chi connectivity index (χ2v) is 5.17. The number of aryl methyl sites for hydroxylation is 2. The summed E-state index contributed by atoms with van der Waals surface area (Å²) in [7, 11) is 0. The van der Waals surface area contributed by atoms with E-state index in [-0.39, 0.29) is 0 Å². The van der Waals surface area contributed by atoms with Crippen LogP contribution in [0.5, 0.6) is 0 Å². The molecule has 17 heavy (non-hydrogen) atoms. The van der Waals surface area contributed by atoms with Crippen molar-refractivity contribution in [3.8, 4) is 0 Å². The molecule has 1 aromatic rings. The van der Waals surface area contributed by atoms with E-state index in [0.29, 0.717) is 12.2 Å². The molecule has 0 amide bonds. The molecule has 2 rings (SSSR count). The van der Waals surface area contributed by atoms with Crippen molar-refractivity contribution < 1.29 is 0 Å². The van der Waals surface area contributed by atoms with E-state index >= 15 is 0 Å². The summed E-state index contributed by atoms with van der Waals surface area (Å²) in [4.78, 5) is 4.73. The van der Waals surface area contributed by atoms with E-state index < -0.39 is 0 Å². The van der Waals surface area contributed by atoms with E-state index in [1.807, 2.05) is 0 Å². The Kier molecular flexibility index (Phi) is 3.14. The maximum atomic E-state index is 2.38. The maximum Gasteiger partial charge on any atom is 0.103 e. The molecule has 1 atom stereocenters. The first-order valence-corrected chi connectivity index (χ1v) is 6.32. The zero-order valence-electron chi connectivity index (χ0n) is 11.4. The van der Waals surface area contributed by atoms with E-state index in [2.05, 4.69) is 75.0 Å². The summed E-state index contributed by atoms with van der Waals surface area (Å²) in [6.07, 6.45) is 4.78. The van der Waals surface area contributed by atoms with E-state index in [4.69, 9.17) is 0 Å². The highest BCUT2D eigenvalue weighted by atomic mass is 15.4. The van der Waals surface area contributed by atoms with Gasteiger partial charge in [0.2, 0.25) is 0 Å². The van der Waals surface area contributed by atoms with Gasteiger partial charge in [-0.25, -0.2) is 0 Å². The van der Waals surface area contributed by atoms with Crippen molar-refractivity contribution in [1.29, 1.82) is 0 Å². The second kappa shape index (κ2) is 4.44. The smallest absolute Gasteiger partial charge is 0.103 e. The average Bonchev–Trinajstić information content (AvgIpc) is 2.64. The van der Waals surface area contributed by atoms with Crippen LogP contribution in [0, 0.1) is 13.8 Å². The molecule has 1 aliphatic heterocycles. The van der Waals surface area contributed by atoms with Crippen LogP contribution in [0.2, 0.25) is 0 Å². The van der Waals surface area contributed by atoms with Crippen LogP contribution in [-0.2, 0) is 0 Å². The fourth-order valence-electron chi connectivity index (χ4n) is 2.42. The Morgan fingerprint density at radius 3 is 2.41 bits per heavy atom. The molecule has 1 aromatic carbocycles. The van der Waals surface area contributed by atoms with Crippen molar-refractivity contribution in [1.82, 2.24) is 4.90 Å². The van der Waals surface area contributed by atoms with Gasteiger partial charge < -0.3 is 9.80 Å². The van der Waals surface area contributed by atoms with Gasteiger partial charge in [0, 0.05) is 24.1 Å². The van der Waals surface area contributed by atoms with Crippen molar-refractivity contribution >= 4 is 5.69 Å². The molecule has 0 fully saturated rings. The Bertz CT molecular complexity index is 435. The van der Waals surface area contributed by atoms with Crippen LogP contribution in [0.15, 0.2) is 30.6 Å². The monoisotopic (exact) mass is 230 g/mol. The molecule has 0 aromatic heterocycles. The Balaban J connectivity index is 2.31. The molecule has 0 saturated heterocycles. The fraction of sp³-hybridized carbons (Fsp3) is 0.467. The summed E-state index contributed by atoms with van der Waals surface area (Å²) >= 11 is 0. The Morgan fingerprint density at radius 1 is 1.12 bits per heavy atom. The first-order chi connectivity index (χ1) is 8.00. The molecule has 0 N–H and O–H groups in total. The van der Waals surface area contributed by atoms with Gasteiger partial charge in [0.1, 0.15) is 6.17 Å². The van der Waals surface area contributed by atoms with Crippen LogP contribution in [0.4, 0.5) is 5.69 Å². The SMILES string of the molecule is Cc1ccc(C)c(N2C=CN(C(C)C)[C@H]2C)c1. The lowest BCUT2D eigenvalue weighted by atomic mass is 10.1. The van der Waals surface area contributed by atoms with Gasteiger partial charge in [-0.1, -0.05) is 12.1 Å². The summed E-state index contributed by atoms with van der Waals surface area (Å²) in [5, 5.41) is 0. The van der Waals surface area contributed by atoms with Crippen LogP contribution >= 0.6 is 0 Å². The van der Waals surface area contributed by atoms with Crippen LogP contribution in [-0.4, -0.2) is 17.1 Å². The molecule has 2 nitrogen and oxygen atoms in total. The molecule has 0 saturated carbocycles. The highest BCUT2D eigenvalue weighted by Gasteiger charge is 2.25. The van der Waals surface area contributed by atoms with Crippen molar-refractivity contribution in [2.45, 2.75) is 46.8 Å². The minimum absolute atomic E-state index is 0.399. The predicted molar refractivity (Wildman–Crippen MR) is 74.0 cm³/mol. The fourth-order valence-corrected chi connectivity index (χ4v) is 2.42. The lowest BCUT2D eigenvalue weighted by Crippen LogP contribution is -2.39. The van der Waals surface area contributed by atoms with E-state index in [9.17, 15) is 0 Å². The van der Waals surface area contributed by atoms with Crippen molar-refractivity contribution in [3.63, 3.8) is 0 Å². The number of hydrogen-bond acceptors (Lipinski definition) is 2. The second-order valence-electron chi connectivity index (χ2n) is 5.17.